The summed E-state index contributed by atoms with van der Waals surface area (Å²) in [7, 11) is 2.16. The largest absolute Gasteiger partial charge is 0.416 e. The van der Waals surface area contributed by atoms with E-state index in [1.54, 1.807) is 13.8 Å². The predicted molar refractivity (Wildman–Crippen MR) is 113 cm³/mol. The van der Waals surface area contributed by atoms with Gasteiger partial charge in [0.25, 0.3) is 0 Å². The van der Waals surface area contributed by atoms with E-state index in [0.717, 1.165) is 55.8 Å². The van der Waals surface area contributed by atoms with Crippen LogP contribution in [0.3, 0.4) is 0 Å². The van der Waals surface area contributed by atoms with Crippen molar-refractivity contribution in [1.82, 2.24) is 15.1 Å². The Hall–Kier alpha value is -2.15. The van der Waals surface area contributed by atoms with Crippen LogP contribution >= 0.6 is 0 Å². The maximum Gasteiger partial charge on any atom is 0.416 e. The van der Waals surface area contributed by atoms with Crippen LogP contribution in [0, 0.1) is 20.8 Å². The van der Waals surface area contributed by atoms with Crippen LogP contribution in [-0.2, 0) is 12.6 Å². The van der Waals surface area contributed by atoms with Crippen molar-refractivity contribution in [2.24, 2.45) is 0 Å². The Morgan fingerprint density at radius 3 is 2.33 bits per heavy atom. The molecule has 1 aromatic carbocycles. The van der Waals surface area contributed by atoms with Gasteiger partial charge >= 0.3 is 6.18 Å². The molecule has 2 aromatic rings. The lowest BCUT2D eigenvalue weighted by atomic mass is 9.91. The maximum absolute atomic E-state index is 13.2. The van der Waals surface area contributed by atoms with Crippen LogP contribution in [0.4, 0.5) is 19.0 Å². The Balaban J connectivity index is 1.75. The number of hydrogen-bond donors (Lipinski definition) is 0. The minimum Gasteiger partial charge on any atom is -0.351 e. The van der Waals surface area contributed by atoms with Crippen molar-refractivity contribution in [3.63, 3.8) is 0 Å². The smallest absolute Gasteiger partial charge is 0.351 e. The second-order valence-electron chi connectivity index (χ2n) is 8.81. The predicted octanol–water partition coefficient (Wildman–Crippen LogP) is 4.93. The minimum absolute atomic E-state index is 0.442. The first kappa shape index (κ1) is 21.1. The summed E-state index contributed by atoms with van der Waals surface area (Å²) in [6.07, 6.45) is -0.0191. The van der Waals surface area contributed by atoms with E-state index in [2.05, 4.69) is 27.0 Å². The molecule has 1 saturated heterocycles. The summed E-state index contributed by atoms with van der Waals surface area (Å²) < 4.78 is 39.6. The summed E-state index contributed by atoms with van der Waals surface area (Å²) in [5, 5.41) is 9.18. The molecule has 162 valence electrons. The van der Waals surface area contributed by atoms with Gasteiger partial charge in [-0.3, -0.25) is 0 Å². The SMILES string of the molecule is Cc1cc(C(F)(F)F)cc(C)c1-c1nnc2c(c1C)CCCN2[C@H]1CCCN(C)C1. The number of halogens is 3. The van der Waals surface area contributed by atoms with E-state index in [4.69, 9.17) is 0 Å². The van der Waals surface area contributed by atoms with E-state index in [-0.39, 0.29) is 0 Å². The van der Waals surface area contributed by atoms with E-state index in [9.17, 15) is 13.2 Å². The van der Waals surface area contributed by atoms with Crippen molar-refractivity contribution >= 4 is 5.82 Å². The van der Waals surface area contributed by atoms with Gasteiger partial charge in [0.05, 0.1) is 11.3 Å². The van der Waals surface area contributed by atoms with Gasteiger partial charge in [-0.15, -0.1) is 10.2 Å². The quantitative estimate of drug-likeness (QED) is 0.692. The summed E-state index contributed by atoms with van der Waals surface area (Å²) in [6.45, 7) is 8.63. The number of benzene rings is 1. The van der Waals surface area contributed by atoms with Crippen molar-refractivity contribution in [2.45, 2.75) is 58.7 Å². The standard InChI is InChI=1S/C23H29F3N4/c1-14-11-17(23(24,25)26)12-15(2)20(14)21-16(3)19-8-6-10-30(22(19)28-27-21)18-7-5-9-29(4)13-18/h11-12,18H,5-10,13H2,1-4H3/t18-/m0/s1. The molecule has 30 heavy (non-hydrogen) atoms. The molecule has 0 spiro atoms. The van der Waals surface area contributed by atoms with Crippen molar-refractivity contribution in [3.8, 4) is 11.3 Å². The fraction of sp³-hybridized carbons (Fsp3) is 0.565. The molecular formula is C23H29F3N4. The zero-order valence-corrected chi connectivity index (χ0v) is 18.1. The first-order valence-corrected chi connectivity index (χ1v) is 10.7. The Labute approximate surface area is 176 Å². The van der Waals surface area contributed by atoms with Crippen LogP contribution < -0.4 is 4.90 Å². The number of rotatable bonds is 2. The number of aromatic nitrogens is 2. The van der Waals surface area contributed by atoms with Crippen molar-refractivity contribution in [1.29, 1.82) is 0 Å². The molecule has 2 aliphatic heterocycles. The Bertz CT molecular complexity index is 931. The lowest BCUT2D eigenvalue weighted by molar-refractivity contribution is -0.137. The molecule has 0 amide bonds. The molecule has 0 saturated carbocycles. The van der Waals surface area contributed by atoms with Gasteiger partial charge in [-0.25, -0.2) is 0 Å². The number of anilines is 1. The van der Waals surface area contributed by atoms with Crippen LogP contribution in [0.5, 0.6) is 0 Å². The van der Waals surface area contributed by atoms with Crippen molar-refractivity contribution in [3.05, 3.63) is 39.9 Å². The normalized spacial score (nSPS) is 20.4. The molecule has 4 rings (SSSR count). The second kappa shape index (κ2) is 7.84. The van der Waals surface area contributed by atoms with E-state index >= 15 is 0 Å². The third kappa shape index (κ3) is 3.80. The number of aryl methyl sites for hydroxylation is 2. The molecule has 2 aliphatic rings. The van der Waals surface area contributed by atoms with Crippen LogP contribution in [0.25, 0.3) is 11.3 Å². The van der Waals surface area contributed by atoms with Gasteiger partial charge in [-0.05, 0) is 88.9 Å². The Morgan fingerprint density at radius 2 is 1.70 bits per heavy atom. The highest BCUT2D eigenvalue weighted by molar-refractivity contribution is 5.73. The van der Waals surface area contributed by atoms with Crippen LogP contribution in [0.2, 0.25) is 0 Å². The lowest BCUT2D eigenvalue weighted by Gasteiger charge is -2.41. The fourth-order valence-corrected chi connectivity index (χ4v) is 5.09. The highest BCUT2D eigenvalue weighted by atomic mass is 19.4. The lowest BCUT2D eigenvalue weighted by Crippen LogP contribution is -2.49. The molecule has 1 fully saturated rings. The highest BCUT2D eigenvalue weighted by Crippen LogP contribution is 2.39. The summed E-state index contributed by atoms with van der Waals surface area (Å²) in [4.78, 5) is 4.77. The molecule has 1 aromatic heterocycles. The number of likely N-dealkylation sites (N-methyl/N-ethyl adjacent to an activating group) is 1. The zero-order chi connectivity index (χ0) is 21.6. The van der Waals surface area contributed by atoms with E-state index in [0.29, 0.717) is 22.9 Å². The van der Waals surface area contributed by atoms with Gasteiger partial charge in [-0.1, -0.05) is 0 Å². The van der Waals surface area contributed by atoms with Gasteiger partial charge in [0.2, 0.25) is 0 Å². The number of alkyl halides is 3. The third-order valence-corrected chi connectivity index (χ3v) is 6.56. The third-order valence-electron chi connectivity index (χ3n) is 6.56. The summed E-state index contributed by atoms with van der Waals surface area (Å²) in [5.74, 6) is 0.963. The Kier molecular flexibility index (Phi) is 5.51. The number of nitrogens with zero attached hydrogens (tertiary/aromatic N) is 4. The van der Waals surface area contributed by atoms with Gasteiger partial charge in [0.15, 0.2) is 5.82 Å². The monoisotopic (exact) mass is 418 g/mol. The fourth-order valence-electron chi connectivity index (χ4n) is 5.09. The van der Waals surface area contributed by atoms with E-state index in [1.807, 2.05) is 6.92 Å². The summed E-state index contributed by atoms with van der Waals surface area (Å²) >= 11 is 0. The molecular weight excluding hydrogens is 389 g/mol. The van der Waals surface area contributed by atoms with Gasteiger partial charge < -0.3 is 9.80 Å². The van der Waals surface area contributed by atoms with Gasteiger partial charge in [0.1, 0.15) is 0 Å². The molecule has 0 N–H and O–H groups in total. The van der Waals surface area contributed by atoms with Crippen LogP contribution in [0.15, 0.2) is 12.1 Å². The Morgan fingerprint density at radius 1 is 1.00 bits per heavy atom. The first-order valence-electron chi connectivity index (χ1n) is 10.7. The number of piperidine rings is 1. The van der Waals surface area contributed by atoms with Gasteiger partial charge in [-0.2, -0.15) is 13.2 Å². The van der Waals surface area contributed by atoms with Crippen molar-refractivity contribution in [2.75, 3.05) is 31.6 Å². The molecule has 1 atom stereocenters. The minimum atomic E-state index is -4.35. The molecule has 4 nitrogen and oxygen atoms in total. The number of hydrogen-bond acceptors (Lipinski definition) is 4. The first-order chi connectivity index (χ1) is 14.2. The van der Waals surface area contributed by atoms with E-state index in [1.165, 1.54) is 24.1 Å². The van der Waals surface area contributed by atoms with Crippen molar-refractivity contribution < 1.29 is 13.2 Å². The second-order valence-corrected chi connectivity index (χ2v) is 8.81. The molecule has 0 unspecified atom stereocenters. The summed E-state index contributed by atoms with van der Waals surface area (Å²) in [6, 6.07) is 2.87. The van der Waals surface area contributed by atoms with E-state index < -0.39 is 11.7 Å². The molecule has 7 heteroatoms. The molecule has 0 bridgehead atoms. The topological polar surface area (TPSA) is 32.3 Å². The molecule has 3 heterocycles. The maximum atomic E-state index is 13.2. The van der Waals surface area contributed by atoms with Crippen LogP contribution in [-0.4, -0.2) is 47.8 Å². The molecule has 0 radical (unpaired) electrons. The summed E-state index contributed by atoms with van der Waals surface area (Å²) in [5.41, 5.74) is 4.27. The average Bonchev–Trinajstić information content (AvgIpc) is 2.68. The average molecular weight is 419 g/mol. The number of likely N-dealkylation sites (tertiary alicyclic amines) is 1. The van der Waals surface area contributed by atoms with Gasteiger partial charge in [0, 0.05) is 30.3 Å². The zero-order valence-electron chi connectivity index (χ0n) is 18.1. The molecule has 0 aliphatic carbocycles. The number of fused-ring (bicyclic) bond motifs is 1. The highest BCUT2D eigenvalue weighted by Gasteiger charge is 2.33. The van der Waals surface area contributed by atoms with Crippen LogP contribution in [0.1, 0.15) is 47.1 Å².